The molecule has 0 fully saturated rings. The molecule has 112 valence electrons. The molecule has 1 aromatic heterocycles. The summed E-state index contributed by atoms with van der Waals surface area (Å²) in [6.07, 6.45) is 2.43. The molecule has 0 aliphatic carbocycles. The van der Waals surface area contributed by atoms with Gasteiger partial charge in [-0.2, -0.15) is 5.26 Å². The molecule has 1 amide bonds. The van der Waals surface area contributed by atoms with E-state index in [0.717, 1.165) is 5.69 Å². The number of rotatable bonds is 5. The molecule has 1 heterocycles. The Labute approximate surface area is 138 Å². The van der Waals surface area contributed by atoms with Crippen LogP contribution in [0.2, 0.25) is 10.0 Å². The van der Waals surface area contributed by atoms with Gasteiger partial charge in [-0.3, -0.25) is 9.78 Å². The van der Waals surface area contributed by atoms with Crippen molar-refractivity contribution >= 4 is 29.1 Å². The first-order valence-electron chi connectivity index (χ1n) is 6.64. The number of aromatic nitrogens is 1. The van der Waals surface area contributed by atoms with Crippen LogP contribution >= 0.6 is 23.2 Å². The summed E-state index contributed by atoms with van der Waals surface area (Å²) in [5, 5.41) is 12.5. The summed E-state index contributed by atoms with van der Waals surface area (Å²) in [7, 11) is 0. The van der Waals surface area contributed by atoms with Crippen LogP contribution in [-0.4, -0.2) is 10.9 Å². The summed E-state index contributed by atoms with van der Waals surface area (Å²) in [4.78, 5) is 16.1. The third kappa shape index (κ3) is 4.20. The molecule has 0 saturated carbocycles. The monoisotopic (exact) mass is 333 g/mol. The van der Waals surface area contributed by atoms with Gasteiger partial charge >= 0.3 is 0 Å². The van der Waals surface area contributed by atoms with E-state index in [4.69, 9.17) is 23.2 Å². The van der Waals surface area contributed by atoms with Crippen molar-refractivity contribution in [2.45, 2.75) is 18.9 Å². The zero-order chi connectivity index (χ0) is 15.9. The van der Waals surface area contributed by atoms with Crippen molar-refractivity contribution in [1.29, 1.82) is 5.26 Å². The van der Waals surface area contributed by atoms with Crippen molar-refractivity contribution in [3.05, 3.63) is 63.9 Å². The van der Waals surface area contributed by atoms with Crippen molar-refractivity contribution in [3.63, 3.8) is 0 Å². The molecule has 1 N–H and O–H groups in total. The maximum absolute atomic E-state index is 12.0. The number of carbonyl (C=O) groups is 1. The topological polar surface area (TPSA) is 65.8 Å². The lowest BCUT2D eigenvalue weighted by molar-refractivity contribution is -0.121. The van der Waals surface area contributed by atoms with Crippen LogP contribution in [0.4, 0.5) is 0 Å². The third-order valence-electron chi connectivity index (χ3n) is 3.06. The minimum atomic E-state index is -0.831. The number of aryl methyl sites for hydroxylation is 1. The fourth-order valence-electron chi connectivity index (χ4n) is 1.94. The second kappa shape index (κ2) is 7.79. The predicted octanol–water partition coefficient (Wildman–Crippen LogP) is 3.70. The van der Waals surface area contributed by atoms with Gasteiger partial charge in [-0.1, -0.05) is 41.4 Å². The second-order valence-corrected chi connectivity index (χ2v) is 5.38. The van der Waals surface area contributed by atoms with Gasteiger partial charge in [0, 0.05) is 23.9 Å². The summed E-state index contributed by atoms with van der Waals surface area (Å²) in [5.74, 6) is -0.242. The van der Waals surface area contributed by atoms with Crippen LogP contribution in [0.1, 0.15) is 23.7 Å². The maximum Gasteiger partial charge on any atom is 0.221 e. The number of carbonyl (C=O) groups excluding carboxylic acids is 1. The van der Waals surface area contributed by atoms with Gasteiger partial charge in [0.05, 0.1) is 16.1 Å². The molecule has 0 unspecified atom stereocenters. The van der Waals surface area contributed by atoms with Gasteiger partial charge in [-0.15, -0.1) is 0 Å². The Morgan fingerprint density at radius 1 is 1.27 bits per heavy atom. The highest BCUT2D eigenvalue weighted by molar-refractivity contribution is 6.42. The lowest BCUT2D eigenvalue weighted by atomic mass is 10.1. The first-order valence-corrected chi connectivity index (χ1v) is 7.40. The number of hydrogen-bond donors (Lipinski definition) is 1. The molecular weight excluding hydrogens is 321 g/mol. The smallest absolute Gasteiger partial charge is 0.221 e. The number of nitriles is 1. The highest BCUT2D eigenvalue weighted by Gasteiger charge is 2.18. The van der Waals surface area contributed by atoms with Crippen molar-refractivity contribution in [2.24, 2.45) is 0 Å². The number of pyridine rings is 1. The molecule has 2 rings (SSSR count). The fraction of sp³-hybridized carbons (Fsp3) is 0.188. The van der Waals surface area contributed by atoms with Gasteiger partial charge in [0.15, 0.2) is 0 Å². The largest absolute Gasteiger partial charge is 0.337 e. The summed E-state index contributed by atoms with van der Waals surface area (Å²) >= 11 is 12.0. The number of benzene rings is 1. The minimum Gasteiger partial charge on any atom is -0.337 e. The quantitative estimate of drug-likeness (QED) is 0.907. The zero-order valence-electron chi connectivity index (χ0n) is 11.6. The van der Waals surface area contributed by atoms with Crippen LogP contribution < -0.4 is 5.32 Å². The van der Waals surface area contributed by atoms with E-state index in [2.05, 4.69) is 10.3 Å². The standard InChI is InChI=1S/C16H13Cl2N3O/c17-13-6-3-5-12(16(13)18)14(10-19)21-15(22)8-7-11-4-1-2-9-20-11/h1-6,9,14H,7-8H2,(H,21,22)/t14-/m1/s1. The van der Waals surface area contributed by atoms with Gasteiger partial charge in [0.25, 0.3) is 0 Å². The molecule has 1 aromatic carbocycles. The van der Waals surface area contributed by atoms with Gasteiger partial charge in [-0.25, -0.2) is 0 Å². The molecule has 4 nitrogen and oxygen atoms in total. The first-order chi connectivity index (χ1) is 10.6. The van der Waals surface area contributed by atoms with Crippen LogP contribution in [0.15, 0.2) is 42.6 Å². The molecule has 1 atom stereocenters. The summed E-state index contributed by atoms with van der Waals surface area (Å²) in [6, 6.07) is 11.7. The Morgan fingerprint density at radius 3 is 2.77 bits per heavy atom. The summed E-state index contributed by atoms with van der Waals surface area (Å²) < 4.78 is 0. The highest BCUT2D eigenvalue weighted by atomic mass is 35.5. The number of nitrogens with zero attached hydrogens (tertiary/aromatic N) is 2. The van der Waals surface area contributed by atoms with Gasteiger partial charge < -0.3 is 5.32 Å². The fourth-order valence-corrected chi connectivity index (χ4v) is 2.36. The van der Waals surface area contributed by atoms with Crippen LogP contribution in [0.3, 0.4) is 0 Å². The van der Waals surface area contributed by atoms with Crippen LogP contribution in [-0.2, 0) is 11.2 Å². The summed E-state index contributed by atoms with van der Waals surface area (Å²) in [6.45, 7) is 0. The van der Waals surface area contributed by atoms with E-state index >= 15 is 0 Å². The number of halogens is 2. The molecule has 6 heteroatoms. The lowest BCUT2D eigenvalue weighted by Crippen LogP contribution is -2.28. The Morgan fingerprint density at radius 2 is 2.09 bits per heavy atom. The molecule has 0 aliphatic heterocycles. The molecule has 2 aromatic rings. The molecule has 0 bridgehead atoms. The normalized spacial score (nSPS) is 11.5. The Kier molecular flexibility index (Phi) is 5.76. The van der Waals surface area contributed by atoms with E-state index in [0.29, 0.717) is 17.0 Å². The molecule has 0 aliphatic rings. The second-order valence-electron chi connectivity index (χ2n) is 4.59. The average molecular weight is 334 g/mol. The minimum absolute atomic E-state index is 0.242. The van der Waals surface area contributed by atoms with Crippen molar-refractivity contribution in [2.75, 3.05) is 0 Å². The molecule has 22 heavy (non-hydrogen) atoms. The van der Waals surface area contributed by atoms with E-state index in [-0.39, 0.29) is 17.4 Å². The number of amides is 1. The van der Waals surface area contributed by atoms with E-state index in [1.54, 1.807) is 24.4 Å². The highest BCUT2D eigenvalue weighted by Crippen LogP contribution is 2.29. The van der Waals surface area contributed by atoms with Crippen LogP contribution in [0.5, 0.6) is 0 Å². The maximum atomic E-state index is 12.0. The van der Waals surface area contributed by atoms with Crippen LogP contribution in [0, 0.1) is 11.3 Å². The third-order valence-corrected chi connectivity index (χ3v) is 3.89. The van der Waals surface area contributed by atoms with Crippen LogP contribution in [0.25, 0.3) is 0 Å². The van der Waals surface area contributed by atoms with Crippen molar-refractivity contribution in [3.8, 4) is 6.07 Å². The summed E-state index contributed by atoms with van der Waals surface area (Å²) in [5.41, 5.74) is 1.31. The number of hydrogen-bond acceptors (Lipinski definition) is 3. The van der Waals surface area contributed by atoms with Gasteiger partial charge in [-0.05, 0) is 24.6 Å². The van der Waals surface area contributed by atoms with Gasteiger partial charge in [0.2, 0.25) is 5.91 Å². The van der Waals surface area contributed by atoms with Crippen molar-refractivity contribution < 1.29 is 4.79 Å². The predicted molar refractivity (Wildman–Crippen MR) is 85.5 cm³/mol. The number of nitrogens with one attached hydrogen (secondary N) is 1. The Bertz CT molecular complexity index is 698. The first kappa shape index (κ1) is 16.3. The average Bonchev–Trinajstić information content (AvgIpc) is 2.54. The van der Waals surface area contributed by atoms with Crippen molar-refractivity contribution in [1.82, 2.24) is 10.3 Å². The van der Waals surface area contributed by atoms with Gasteiger partial charge in [0.1, 0.15) is 6.04 Å². The van der Waals surface area contributed by atoms with E-state index in [1.807, 2.05) is 24.3 Å². The molecular formula is C16H13Cl2N3O. The zero-order valence-corrected chi connectivity index (χ0v) is 13.1. The lowest BCUT2D eigenvalue weighted by Gasteiger charge is -2.14. The van der Waals surface area contributed by atoms with E-state index in [9.17, 15) is 10.1 Å². The Hall–Kier alpha value is -2.09. The Balaban J connectivity index is 2.00. The molecule has 0 radical (unpaired) electrons. The van der Waals surface area contributed by atoms with E-state index < -0.39 is 6.04 Å². The van der Waals surface area contributed by atoms with E-state index in [1.165, 1.54) is 0 Å². The SMILES string of the molecule is N#C[C@@H](NC(=O)CCc1ccccn1)c1cccc(Cl)c1Cl. The molecule has 0 saturated heterocycles. The molecule has 0 spiro atoms.